The lowest BCUT2D eigenvalue weighted by Gasteiger charge is -2.23. The predicted octanol–water partition coefficient (Wildman–Crippen LogP) is 1.75. The maximum atomic E-state index is 12.3. The number of rotatable bonds is 6. The lowest BCUT2D eigenvalue weighted by Crippen LogP contribution is -2.35. The molecule has 2 amide bonds. The molecule has 1 aliphatic heterocycles. The molecule has 1 aromatic carbocycles. The van der Waals surface area contributed by atoms with Gasteiger partial charge in [0.05, 0.1) is 24.3 Å². The SMILES string of the molecule is COC(=O)c1ccccc1NC(=O)COC(=O)[C@H]1CC(=O)N(C2CCCC2)C1. The van der Waals surface area contributed by atoms with Crippen LogP contribution < -0.4 is 5.32 Å². The molecule has 0 bridgehead atoms. The fourth-order valence-corrected chi connectivity index (χ4v) is 3.78. The maximum absolute atomic E-state index is 12.3. The van der Waals surface area contributed by atoms with Crippen LogP contribution in [0.4, 0.5) is 5.69 Å². The number of carbonyl (C=O) groups excluding carboxylic acids is 4. The van der Waals surface area contributed by atoms with Gasteiger partial charge in [-0.3, -0.25) is 14.4 Å². The van der Waals surface area contributed by atoms with Crippen molar-refractivity contribution in [3.05, 3.63) is 29.8 Å². The van der Waals surface area contributed by atoms with Crippen LogP contribution in [0, 0.1) is 5.92 Å². The average Bonchev–Trinajstić information content (AvgIpc) is 3.35. The molecule has 8 heteroatoms. The van der Waals surface area contributed by atoms with Crippen molar-refractivity contribution in [3.63, 3.8) is 0 Å². The van der Waals surface area contributed by atoms with E-state index in [1.165, 1.54) is 13.2 Å². The van der Waals surface area contributed by atoms with Gasteiger partial charge in [0.15, 0.2) is 6.61 Å². The van der Waals surface area contributed by atoms with E-state index in [1.807, 2.05) is 0 Å². The van der Waals surface area contributed by atoms with Crippen LogP contribution in [0.25, 0.3) is 0 Å². The summed E-state index contributed by atoms with van der Waals surface area (Å²) in [6.45, 7) is -0.127. The van der Waals surface area contributed by atoms with Gasteiger partial charge in [0.25, 0.3) is 5.91 Å². The fraction of sp³-hybridized carbons (Fsp3) is 0.500. The van der Waals surface area contributed by atoms with Crippen LogP contribution in [0.2, 0.25) is 0 Å². The second-order valence-corrected chi connectivity index (χ2v) is 7.08. The Morgan fingerprint density at radius 2 is 1.89 bits per heavy atom. The summed E-state index contributed by atoms with van der Waals surface area (Å²) < 4.78 is 9.77. The minimum absolute atomic E-state index is 0.0229. The van der Waals surface area contributed by atoms with Gasteiger partial charge in [-0.25, -0.2) is 4.79 Å². The summed E-state index contributed by atoms with van der Waals surface area (Å²) in [6.07, 6.45) is 4.31. The molecule has 1 saturated heterocycles. The summed E-state index contributed by atoms with van der Waals surface area (Å²) in [6, 6.07) is 6.62. The number of esters is 2. The molecule has 2 fully saturated rings. The lowest BCUT2D eigenvalue weighted by atomic mass is 10.1. The average molecular weight is 388 g/mol. The number of para-hydroxylation sites is 1. The lowest BCUT2D eigenvalue weighted by molar-refractivity contribution is -0.151. The number of nitrogens with one attached hydrogen (secondary N) is 1. The minimum Gasteiger partial charge on any atom is -0.465 e. The van der Waals surface area contributed by atoms with Crippen molar-refractivity contribution in [3.8, 4) is 0 Å². The van der Waals surface area contributed by atoms with Crippen molar-refractivity contribution in [2.75, 3.05) is 25.6 Å². The van der Waals surface area contributed by atoms with Crippen LogP contribution in [-0.2, 0) is 23.9 Å². The molecule has 150 valence electrons. The zero-order chi connectivity index (χ0) is 20.1. The Labute approximate surface area is 163 Å². The molecule has 0 spiro atoms. The number of hydrogen-bond donors (Lipinski definition) is 1. The Morgan fingerprint density at radius 1 is 1.18 bits per heavy atom. The first kappa shape index (κ1) is 19.9. The van der Waals surface area contributed by atoms with E-state index >= 15 is 0 Å². The van der Waals surface area contributed by atoms with Crippen LogP contribution in [0.1, 0.15) is 42.5 Å². The van der Waals surface area contributed by atoms with Crippen LogP contribution in [0.15, 0.2) is 24.3 Å². The van der Waals surface area contributed by atoms with Crippen LogP contribution >= 0.6 is 0 Å². The second kappa shape index (κ2) is 8.86. The van der Waals surface area contributed by atoms with Gasteiger partial charge in [0.1, 0.15) is 0 Å². The number of likely N-dealkylation sites (tertiary alicyclic amines) is 1. The van der Waals surface area contributed by atoms with E-state index in [0.29, 0.717) is 6.54 Å². The van der Waals surface area contributed by atoms with Crippen molar-refractivity contribution in [2.45, 2.75) is 38.1 Å². The van der Waals surface area contributed by atoms with Crippen molar-refractivity contribution in [2.24, 2.45) is 5.92 Å². The number of hydrogen-bond acceptors (Lipinski definition) is 6. The molecule has 1 atom stereocenters. The normalized spacial score (nSPS) is 19.5. The number of nitrogens with zero attached hydrogens (tertiary/aromatic N) is 1. The maximum Gasteiger partial charge on any atom is 0.339 e. The summed E-state index contributed by atoms with van der Waals surface area (Å²) in [4.78, 5) is 50.1. The summed E-state index contributed by atoms with van der Waals surface area (Å²) in [5, 5.41) is 2.54. The first-order chi connectivity index (χ1) is 13.5. The molecule has 1 N–H and O–H groups in total. The number of anilines is 1. The molecule has 1 saturated carbocycles. The van der Waals surface area contributed by atoms with Gasteiger partial charge in [-0.1, -0.05) is 25.0 Å². The molecule has 1 heterocycles. The van der Waals surface area contributed by atoms with Gasteiger partial charge in [-0.15, -0.1) is 0 Å². The van der Waals surface area contributed by atoms with Crippen molar-refractivity contribution >= 4 is 29.4 Å². The van der Waals surface area contributed by atoms with Crippen molar-refractivity contribution < 1.29 is 28.7 Å². The quantitative estimate of drug-likeness (QED) is 0.745. The smallest absolute Gasteiger partial charge is 0.339 e. The Balaban J connectivity index is 1.50. The molecule has 0 aromatic heterocycles. The number of carbonyl (C=O) groups is 4. The third-order valence-corrected chi connectivity index (χ3v) is 5.21. The summed E-state index contributed by atoms with van der Waals surface area (Å²) >= 11 is 0. The van der Waals surface area contributed by atoms with Gasteiger partial charge < -0.3 is 19.7 Å². The summed E-state index contributed by atoms with van der Waals surface area (Å²) in [7, 11) is 1.25. The summed E-state index contributed by atoms with van der Waals surface area (Å²) in [5.74, 6) is -2.26. The van der Waals surface area contributed by atoms with Gasteiger partial charge in [0, 0.05) is 19.0 Å². The highest BCUT2D eigenvalue weighted by atomic mass is 16.5. The molecule has 0 radical (unpaired) electrons. The molecule has 2 aliphatic rings. The summed E-state index contributed by atoms with van der Waals surface area (Å²) in [5.41, 5.74) is 0.483. The van der Waals surface area contributed by atoms with Crippen LogP contribution in [-0.4, -0.2) is 55.0 Å². The molecular formula is C20H24N2O6. The first-order valence-corrected chi connectivity index (χ1v) is 9.43. The van der Waals surface area contributed by atoms with Gasteiger partial charge in [-0.2, -0.15) is 0 Å². The number of amides is 2. The van der Waals surface area contributed by atoms with E-state index in [1.54, 1.807) is 23.1 Å². The Morgan fingerprint density at radius 3 is 2.61 bits per heavy atom. The number of ether oxygens (including phenoxy) is 2. The molecule has 8 nitrogen and oxygen atoms in total. The van der Waals surface area contributed by atoms with E-state index in [-0.39, 0.29) is 29.6 Å². The Bertz CT molecular complexity index is 772. The highest BCUT2D eigenvalue weighted by molar-refractivity contribution is 6.02. The molecule has 28 heavy (non-hydrogen) atoms. The van der Waals surface area contributed by atoms with Crippen LogP contribution in [0.5, 0.6) is 0 Å². The standard InChI is InChI=1S/C20H24N2O6/c1-27-20(26)15-8-4-5-9-16(15)21-17(23)12-28-19(25)13-10-18(24)22(11-13)14-6-2-3-7-14/h4-5,8-9,13-14H,2-3,6-7,10-12H2,1H3,(H,21,23)/t13-/m0/s1. The molecule has 1 aromatic rings. The Hall–Kier alpha value is -2.90. The van der Waals surface area contributed by atoms with E-state index < -0.39 is 30.4 Å². The van der Waals surface area contributed by atoms with Crippen LogP contribution in [0.3, 0.4) is 0 Å². The number of benzene rings is 1. The number of methoxy groups -OCH3 is 1. The molecule has 0 unspecified atom stereocenters. The predicted molar refractivity (Wildman–Crippen MR) is 99.4 cm³/mol. The third kappa shape index (κ3) is 4.49. The van der Waals surface area contributed by atoms with Gasteiger partial charge in [-0.05, 0) is 25.0 Å². The van der Waals surface area contributed by atoms with E-state index in [4.69, 9.17) is 4.74 Å². The van der Waals surface area contributed by atoms with Crippen molar-refractivity contribution in [1.29, 1.82) is 0 Å². The highest BCUT2D eigenvalue weighted by Crippen LogP contribution is 2.29. The fourth-order valence-electron chi connectivity index (χ4n) is 3.78. The second-order valence-electron chi connectivity index (χ2n) is 7.08. The first-order valence-electron chi connectivity index (χ1n) is 9.43. The zero-order valence-electron chi connectivity index (χ0n) is 15.8. The zero-order valence-corrected chi connectivity index (χ0v) is 15.8. The largest absolute Gasteiger partial charge is 0.465 e. The van der Waals surface area contributed by atoms with E-state index in [9.17, 15) is 19.2 Å². The van der Waals surface area contributed by atoms with Crippen molar-refractivity contribution in [1.82, 2.24) is 4.90 Å². The monoisotopic (exact) mass is 388 g/mol. The minimum atomic E-state index is -0.579. The third-order valence-electron chi connectivity index (χ3n) is 5.21. The Kier molecular flexibility index (Phi) is 6.28. The van der Waals surface area contributed by atoms with Gasteiger partial charge >= 0.3 is 11.9 Å². The topological polar surface area (TPSA) is 102 Å². The highest BCUT2D eigenvalue weighted by Gasteiger charge is 2.39. The van der Waals surface area contributed by atoms with E-state index in [2.05, 4.69) is 10.1 Å². The molecule has 3 rings (SSSR count). The van der Waals surface area contributed by atoms with E-state index in [0.717, 1.165) is 25.7 Å². The molecular weight excluding hydrogens is 364 g/mol. The molecule has 1 aliphatic carbocycles. The van der Waals surface area contributed by atoms with Gasteiger partial charge in [0.2, 0.25) is 5.91 Å².